The maximum absolute atomic E-state index is 10.4. The van der Waals surface area contributed by atoms with Crippen molar-refractivity contribution in [3.05, 3.63) is 0 Å². The number of nitrogens with zero attached hydrogens (tertiary/aromatic N) is 1. The molecule has 0 saturated carbocycles. The van der Waals surface area contributed by atoms with Crippen LogP contribution in [0.3, 0.4) is 0 Å². The van der Waals surface area contributed by atoms with Gasteiger partial charge in [0.2, 0.25) is 0 Å². The van der Waals surface area contributed by atoms with E-state index in [1.807, 2.05) is 0 Å². The fourth-order valence-electron chi connectivity index (χ4n) is 0.431. The molecule has 0 spiro atoms. The van der Waals surface area contributed by atoms with Crippen LogP contribution in [0.4, 0.5) is 0 Å². The molecule has 0 radical (unpaired) electrons. The van der Waals surface area contributed by atoms with Gasteiger partial charge < -0.3 is 0 Å². The van der Waals surface area contributed by atoms with E-state index in [4.69, 9.17) is 5.21 Å². The molecule has 0 atom stereocenters. The van der Waals surface area contributed by atoms with Gasteiger partial charge in [0.05, 0.1) is 0 Å². The van der Waals surface area contributed by atoms with E-state index >= 15 is 0 Å². The van der Waals surface area contributed by atoms with Crippen LogP contribution in [0.1, 0.15) is 0 Å². The molecule has 0 aromatic heterocycles. The zero-order valence-electron chi connectivity index (χ0n) is 4.13. The summed E-state index contributed by atoms with van der Waals surface area (Å²) in [6.07, 6.45) is 0. The van der Waals surface area contributed by atoms with Crippen LogP contribution in [0.25, 0.3) is 0 Å². The number of hydrogen-bond acceptors (Lipinski definition) is 3. The Morgan fingerprint density at radius 3 is 3.00 bits per heavy atom. The van der Waals surface area contributed by atoms with Gasteiger partial charge >= 0.3 is 52.5 Å². The van der Waals surface area contributed by atoms with Crippen molar-refractivity contribution in [2.75, 3.05) is 12.0 Å². The van der Waals surface area contributed by atoms with Crippen LogP contribution < -0.4 is 4.33 Å². The molecule has 0 aromatic carbocycles. The first-order valence-electron chi connectivity index (χ1n) is 2.13. The molecule has 0 bridgehead atoms. The van der Waals surface area contributed by atoms with Crippen molar-refractivity contribution in [1.82, 2.24) is 9.40 Å². The number of carbonyl (C=O) groups excluding carboxylic acids is 1. The third-order valence-corrected chi connectivity index (χ3v) is 2.40. The van der Waals surface area contributed by atoms with Gasteiger partial charge in [0.15, 0.2) is 0 Å². The second-order valence-corrected chi connectivity index (χ2v) is 3.04. The minimum atomic E-state index is -0.0845. The van der Waals surface area contributed by atoms with Crippen molar-refractivity contribution in [3.63, 3.8) is 0 Å². The summed E-state index contributed by atoms with van der Waals surface area (Å²) >= 11 is 0.0735. The van der Waals surface area contributed by atoms with Gasteiger partial charge in [-0.3, -0.25) is 0 Å². The quantitative estimate of drug-likeness (QED) is 0.442. The summed E-state index contributed by atoms with van der Waals surface area (Å²) in [6.45, 7) is 0.127. The van der Waals surface area contributed by atoms with E-state index in [-0.39, 0.29) is 27.6 Å². The first kappa shape index (κ1) is 6.04. The van der Waals surface area contributed by atoms with E-state index in [1.165, 1.54) is 0 Å². The molecule has 0 aliphatic carbocycles. The number of hydrogen-bond donors (Lipinski definition) is 2. The van der Waals surface area contributed by atoms with Gasteiger partial charge in [0.25, 0.3) is 0 Å². The van der Waals surface area contributed by atoms with Gasteiger partial charge in [-0.1, -0.05) is 0 Å². The molecule has 1 heterocycles. The fourth-order valence-corrected chi connectivity index (χ4v) is 1.54. The Bertz CT molecular complexity index is 107. The van der Waals surface area contributed by atoms with Crippen LogP contribution in [0, 0.1) is 0 Å². The molecular formula is C3H6N2O2Se. The van der Waals surface area contributed by atoms with E-state index in [0.717, 1.165) is 5.06 Å². The number of amides is 1. The van der Waals surface area contributed by atoms with Gasteiger partial charge in [-0.2, -0.15) is 0 Å². The standard InChI is InChI=1S/C3H6N2O2Se/c6-3-1-5(7)2-8-4-3/h7H,1-2H2,(H,4,6). The zero-order chi connectivity index (χ0) is 5.98. The first-order valence-corrected chi connectivity index (χ1v) is 4.20. The molecule has 2 N–H and O–H groups in total. The van der Waals surface area contributed by atoms with Crippen molar-refractivity contribution >= 4 is 21.1 Å². The summed E-state index contributed by atoms with van der Waals surface area (Å²) in [5.74, 6) is -0.0845. The predicted octanol–water partition coefficient (Wildman–Crippen LogP) is -1.62. The average molecular weight is 181 g/mol. The topological polar surface area (TPSA) is 52.6 Å². The normalized spacial score (nSPS) is 22.9. The Morgan fingerprint density at radius 2 is 2.62 bits per heavy atom. The Kier molecular flexibility index (Phi) is 1.85. The van der Waals surface area contributed by atoms with Crippen LogP contribution in [-0.4, -0.2) is 43.3 Å². The third kappa shape index (κ3) is 1.45. The van der Waals surface area contributed by atoms with E-state index in [9.17, 15) is 4.79 Å². The van der Waals surface area contributed by atoms with Gasteiger partial charge in [0.1, 0.15) is 0 Å². The fraction of sp³-hybridized carbons (Fsp3) is 0.667. The number of nitrogens with one attached hydrogen (secondary N) is 1. The molecule has 1 saturated heterocycles. The van der Waals surface area contributed by atoms with Gasteiger partial charge in [-0.05, 0) is 0 Å². The molecule has 0 unspecified atom stereocenters. The van der Waals surface area contributed by atoms with Crippen molar-refractivity contribution in [3.8, 4) is 0 Å². The van der Waals surface area contributed by atoms with Crippen molar-refractivity contribution in [1.29, 1.82) is 0 Å². The summed E-state index contributed by atoms with van der Waals surface area (Å²) in [7, 11) is 0. The van der Waals surface area contributed by atoms with E-state index in [1.54, 1.807) is 0 Å². The van der Waals surface area contributed by atoms with E-state index < -0.39 is 0 Å². The monoisotopic (exact) mass is 182 g/mol. The van der Waals surface area contributed by atoms with Crippen LogP contribution in [0.5, 0.6) is 0 Å². The second kappa shape index (κ2) is 2.46. The Hall–Kier alpha value is -0.0905. The Balaban J connectivity index is 2.34. The second-order valence-electron chi connectivity index (χ2n) is 1.46. The molecule has 1 amide bonds. The number of hydroxylamine groups is 2. The molecule has 4 nitrogen and oxygen atoms in total. The summed E-state index contributed by atoms with van der Waals surface area (Å²) < 4.78 is 2.63. The summed E-state index contributed by atoms with van der Waals surface area (Å²) in [5, 5.41) is 9.69. The SMILES string of the molecule is O=C1CN(O)C[Se]N1. The van der Waals surface area contributed by atoms with Crippen LogP contribution >= 0.6 is 0 Å². The molecule has 46 valence electrons. The molecule has 8 heavy (non-hydrogen) atoms. The van der Waals surface area contributed by atoms with Crippen molar-refractivity contribution in [2.45, 2.75) is 0 Å². The Labute approximate surface area is 53.2 Å². The molecule has 1 aliphatic rings. The van der Waals surface area contributed by atoms with E-state index in [2.05, 4.69) is 4.33 Å². The summed E-state index contributed by atoms with van der Waals surface area (Å²) in [5.41, 5.74) is 0.596. The van der Waals surface area contributed by atoms with Crippen LogP contribution in [0.15, 0.2) is 0 Å². The number of rotatable bonds is 0. The molecule has 1 rings (SSSR count). The maximum atomic E-state index is 10.4. The minimum absolute atomic E-state index is 0.0735. The summed E-state index contributed by atoms with van der Waals surface area (Å²) in [6, 6.07) is 0. The third-order valence-electron chi connectivity index (χ3n) is 0.726. The Morgan fingerprint density at radius 1 is 1.88 bits per heavy atom. The average Bonchev–Trinajstić information content (AvgIpc) is 1.64. The summed E-state index contributed by atoms with van der Waals surface area (Å²) in [4.78, 5) is 10.4. The van der Waals surface area contributed by atoms with Gasteiger partial charge in [0, 0.05) is 0 Å². The van der Waals surface area contributed by atoms with Gasteiger partial charge in [-0.25, -0.2) is 0 Å². The first-order chi connectivity index (χ1) is 3.79. The van der Waals surface area contributed by atoms with Crippen molar-refractivity contribution in [2.24, 2.45) is 0 Å². The van der Waals surface area contributed by atoms with Gasteiger partial charge in [-0.15, -0.1) is 0 Å². The molecule has 1 aliphatic heterocycles. The van der Waals surface area contributed by atoms with E-state index in [0.29, 0.717) is 5.44 Å². The number of carbonyl (C=O) groups is 1. The van der Waals surface area contributed by atoms with Crippen LogP contribution in [0.2, 0.25) is 0 Å². The molecule has 1 fully saturated rings. The predicted molar refractivity (Wildman–Crippen MR) is 27.3 cm³/mol. The van der Waals surface area contributed by atoms with Crippen LogP contribution in [-0.2, 0) is 4.79 Å². The molecule has 0 aromatic rings. The van der Waals surface area contributed by atoms with Crippen molar-refractivity contribution < 1.29 is 10.0 Å². The zero-order valence-corrected chi connectivity index (χ0v) is 5.84. The molecule has 5 heteroatoms. The molecular weight excluding hydrogens is 175 g/mol.